The maximum atomic E-state index is 4.56. The molecule has 0 fully saturated rings. The molecule has 4 nitrogen and oxygen atoms in total. The number of benzene rings is 1. The van der Waals surface area contributed by atoms with Gasteiger partial charge in [-0.2, -0.15) is 5.10 Å². The third-order valence-corrected chi connectivity index (χ3v) is 3.49. The van der Waals surface area contributed by atoms with Crippen LogP contribution >= 0.6 is 0 Å². The molecule has 0 radical (unpaired) electrons. The van der Waals surface area contributed by atoms with Gasteiger partial charge in [0, 0.05) is 36.1 Å². The van der Waals surface area contributed by atoms with Gasteiger partial charge in [-0.1, -0.05) is 18.2 Å². The van der Waals surface area contributed by atoms with Crippen LogP contribution in [0.25, 0.3) is 10.9 Å². The molecule has 0 unspecified atom stereocenters. The number of pyridine rings is 1. The van der Waals surface area contributed by atoms with E-state index in [0.717, 1.165) is 36.4 Å². The zero-order valence-corrected chi connectivity index (χ0v) is 12.5. The second kappa shape index (κ2) is 5.95. The summed E-state index contributed by atoms with van der Waals surface area (Å²) in [6.45, 7) is 5.95. The molecule has 0 aliphatic heterocycles. The molecule has 0 bridgehead atoms. The molecule has 3 rings (SSSR count). The minimum Gasteiger partial charge on any atom is -0.384 e. The number of rotatable bonds is 5. The fraction of sp³-hybridized carbons (Fsp3) is 0.294. The number of hydrogen-bond donors (Lipinski definition) is 1. The van der Waals surface area contributed by atoms with E-state index in [9.17, 15) is 0 Å². The number of anilines is 1. The van der Waals surface area contributed by atoms with Crippen molar-refractivity contribution in [3.63, 3.8) is 0 Å². The Morgan fingerprint density at radius 3 is 2.86 bits per heavy atom. The minimum absolute atomic E-state index is 0.923. The van der Waals surface area contributed by atoms with Gasteiger partial charge in [-0.05, 0) is 38.0 Å². The van der Waals surface area contributed by atoms with Crippen molar-refractivity contribution >= 4 is 16.6 Å². The molecule has 21 heavy (non-hydrogen) atoms. The van der Waals surface area contributed by atoms with Crippen molar-refractivity contribution in [2.24, 2.45) is 0 Å². The van der Waals surface area contributed by atoms with Crippen LogP contribution in [-0.4, -0.2) is 21.3 Å². The highest BCUT2D eigenvalue weighted by Gasteiger charge is 2.03. The second-order valence-electron chi connectivity index (χ2n) is 5.39. The predicted molar refractivity (Wildman–Crippen MR) is 86.6 cm³/mol. The summed E-state index contributed by atoms with van der Waals surface area (Å²) in [4.78, 5) is 4.56. The fourth-order valence-corrected chi connectivity index (χ4v) is 2.51. The Balaban J connectivity index is 1.65. The van der Waals surface area contributed by atoms with E-state index in [-0.39, 0.29) is 0 Å². The number of nitrogens with zero attached hydrogens (tertiary/aromatic N) is 3. The van der Waals surface area contributed by atoms with Crippen molar-refractivity contribution in [3.8, 4) is 0 Å². The van der Waals surface area contributed by atoms with Gasteiger partial charge in [0.15, 0.2) is 0 Å². The van der Waals surface area contributed by atoms with E-state index in [1.807, 2.05) is 23.9 Å². The van der Waals surface area contributed by atoms with Crippen molar-refractivity contribution in [3.05, 3.63) is 54.0 Å². The Morgan fingerprint density at radius 2 is 2.05 bits per heavy atom. The van der Waals surface area contributed by atoms with Crippen LogP contribution in [0, 0.1) is 13.8 Å². The lowest BCUT2D eigenvalue weighted by Crippen LogP contribution is -2.07. The molecule has 0 saturated heterocycles. The van der Waals surface area contributed by atoms with Gasteiger partial charge in [-0.3, -0.25) is 9.67 Å². The van der Waals surface area contributed by atoms with Gasteiger partial charge in [0.25, 0.3) is 0 Å². The highest BCUT2D eigenvalue weighted by molar-refractivity contribution is 5.91. The predicted octanol–water partition coefficient (Wildman–Crippen LogP) is 3.55. The van der Waals surface area contributed by atoms with E-state index in [1.54, 1.807) is 0 Å². The first-order chi connectivity index (χ1) is 10.2. The topological polar surface area (TPSA) is 42.7 Å². The molecule has 0 aliphatic carbocycles. The Hall–Kier alpha value is -2.36. The second-order valence-corrected chi connectivity index (χ2v) is 5.39. The van der Waals surface area contributed by atoms with Crippen molar-refractivity contribution < 1.29 is 0 Å². The summed E-state index contributed by atoms with van der Waals surface area (Å²) >= 11 is 0. The van der Waals surface area contributed by atoms with E-state index in [4.69, 9.17) is 0 Å². The van der Waals surface area contributed by atoms with Gasteiger partial charge in [-0.15, -0.1) is 0 Å². The molecule has 1 N–H and O–H groups in total. The van der Waals surface area contributed by atoms with E-state index < -0.39 is 0 Å². The summed E-state index contributed by atoms with van der Waals surface area (Å²) < 4.78 is 1.99. The molecule has 0 aliphatic rings. The summed E-state index contributed by atoms with van der Waals surface area (Å²) in [7, 11) is 0. The van der Waals surface area contributed by atoms with Crippen LogP contribution in [0.4, 0.5) is 5.69 Å². The van der Waals surface area contributed by atoms with E-state index in [1.165, 1.54) is 10.9 Å². The molecule has 108 valence electrons. The highest BCUT2D eigenvalue weighted by Crippen LogP contribution is 2.22. The van der Waals surface area contributed by atoms with Crippen LogP contribution in [0.1, 0.15) is 17.7 Å². The molecule has 2 aromatic heterocycles. The average Bonchev–Trinajstić information content (AvgIpc) is 2.89. The van der Waals surface area contributed by atoms with Gasteiger partial charge in [0.1, 0.15) is 0 Å². The maximum Gasteiger partial charge on any atom is 0.0725 e. The third-order valence-electron chi connectivity index (χ3n) is 3.49. The monoisotopic (exact) mass is 280 g/mol. The van der Waals surface area contributed by atoms with Crippen molar-refractivity contribution in [1.82, 2.24) is 14.8 Å². The molecule has 0 atom stereocenters. The lowest BCUT2D eigenvalue weighted by atomic mass is 10.1. The lowest BCUT2D eigenvalue weighted by Gasteiger charge is -2.10. The molecule has 2 heterocycles. The number of para-hydroxylation sites is 1. The SMILES string of the molecule is Cc1cnn(CCCNc2cc(C)nc3ccccc23)c1. The molecule has 1 aromatic carbocycles. The number of aryl methyl sites for hydroxylation is 3. The molecule has 0 amide bonds. The first-order valence-electron chi connectivity index (χ1n) is 7.32. The Bertz CT molecular complexity index is 745. The lowest BCUT2D eigenvalue weighted by molar-refractivity contribution is 0.591. The average molecular weight is 280 g/mol. The number of hydrogen-bond acceptors (Lipinski definition) is 3. The number of fused-ring (bicyclic) bond motifs is 1. The van der Waals surface area contributed by atoms with Crippen molar-refractivity contribution in [1.29, 1.82) is 0 Å². The van der Waals surface area contributed by atoms with Crippen LogP contribution in [0.15, 0.2) is 42.7 Å². The largest absolute Gasteiger partial charge is 0.384 e. The third kappa shape index (κ3) is 3.21. The van der Waals surface area contributed by atoms with Crippen LogP contribution in [0.2, 0.25) is 0 Å². The Morgan fingerprint density at radius 1 is 1.19 bits per heavy atom. The van der Waals surface area contributed by atoms with Gasteiger partial charge >= 0.3 is 0 Å². The minimum atomic E-state index is 0.923. The summed E-state index contributed by atoms with van der Waals surface area (Å²) in [6, 6.07) is 10.4. The van der Waals surface area contributed by atoms with Crippen LogP contribution in [0.3, 0.4) is 0 Å². The molecular formula is C17H20N4. The van der Waals surface area contributed by atoms with Gasteiger partial charge in [-0.25, -0.2) is 0 Å². The summed E-state index contributed by atoms with van der Waals surface area (Å²) in [6.07, 6.45) is 5.01. The maximum absolute atomic E-state index is 4.56. The first-order valence-corrected chi connectivity index (χ1v) is 7.32. The van der Waals surface area contributed by atoms with Crippen molar-refractivity contribution in [2.45, 2.75) is 26.8 Å². The Labute approximate surface area is 124 Å². The molecular weight excluding hydrogens is 260 g/mol. The summed E-state index contributed by atoms with van der Waals surface area (Å²) in [5, 5.41) is 9.01. The van der Waals surface area contributed by atoms with Crippen molar-refractivity contribution in [2.75, 3.05) is 11.9 Å². The molecule has 0 saturated carbocycles. The summed E-state index contributed by atoms with van der Waals surface area (Å²) in [5.74, 6) is 0. The normalized spacial score (nSPS) is 11.0. The van der Waals surface area contributed by atoms with Gasteiger partial charge < -0.3 is 5.32 Å². The van der Waals surface area contributed by atoms with Crippen LogP contribution in [0.5, 0.6) is 0 Å². The quantitative estimate of drug-likeness (QED) is 0.727. The Kier molecular flexibility index (Phi) is 3.86. The highest BCUT2D eigenvalue weighted by atomic mass is 15.3. The molecule has 0 spiro atoms. The van der Waals surface area contributed by atoms with Gasteiger partial charge in [0.2, 0.25) is 0 Å². The van der Waals surface area contributed by atoms with E-state index in [0.29, 0.717) is 0 Å². The standard InChI is InChI=1S/C17H20N4/c1-13-11-19-21(12-13)9-5-8-18-17-10-14(2)20-16-7-4-3-6-15(16)17/h3-4,6-7,10-12H,5,8-9H2,1-2H3,(H,18,20). The summed E-state index contributed by atoms with van der Waals surface area (Å²) in [5.41, 5.74) is 4.45. The number of aromatic nitrogens is 3. The zero-order chi connectivity index (χ0) is 14.7. The fourth-order valence-electron chi connectivity index (χ4n) is 2.51. The molecule has 3 aromatic rings. The van der Waals surface area contributed by atoms with E-state index in [2.05, 4.69) is 52.8 Å². The smallest absolute Gasteiger partial charge is 0.0725 e. The number of nitrogens with one attached hydrogen (secondary N) is 1. The van der Waals surface area contributed by atoms with Crippen LogP contribution in [-0.2, 0) is 6.54 Å². The first kappa shape index (κ1) is 13.6. The molecule has 4 heteroatoms. The zero-order valence-electron chi connectivity index (χ0n) is 12.5. The van der Waals surface area contributed by atoms with Crippen LogP contribution < -0.4 is 5.32 Å². The van der Waals surface area contributed by atoms with Gasteiger partial charge in [0.05, 0.1) is 11.7 Å². The van der Waals surface area contributed by atoms with E-state index >= 15 is 0 Å².